The van der Waals surface area contributed by atoms with Crippen LogP contribution in [-0.4, -0.2) is 37.2 Å². The van der Waals surface area contributed by atoms with E-state index in [-0.39, 0.29) is 17.4 Å². The molecule has 2 rings (SSSR count). The van der Waals surface area contributed by atoms with Gasteiger partial charge >= 0.3 is 5.97 Å². The topological polar surface area (TPSA) is 92.9 Å². The number of carboxylic acid groups (broad SMARTS) is 1. The summed E-state index contributed by atoms with van der Waals surface area (Å²) in [7, 11) is 1.58. The molecule has 1 aliphatic rings. The van der Waals surface area contributed by atoms with Gasteiger partial charge in [-0.2, -0.15) is 0 Å². The number of aromatic carboxylic acids is 1. The van der Waals surface area contributed by atoms with E-state index in [1.807, 2.05) is 0 Å². The van der Waals surface area contributed by atoms with Gasteiger partial charge < -0.3 is 20.5 Å². The minimum atomic E-state index is -1.10. The number of anilines is 2. The average Bonchev–Trinajstić information content (AvgIpc) is 2.46. The molecule has 0 saturated carbocycles. The lowest BCUT2D eigenvalue weighted by molar-refractivity contribution is -0.125. The van der Waals surface area contributed by atoms with Crippen molar-refractivity contribution in [2.75, 3.05) is 30.9 Å². The summed E-state index contributed by atoms with van der Waals surface area (Å²) in [5.74, 6) is -1.45. The number of carbonyl (C=O) groups excluding carboxylic acids is 1. The van der Waals surface area contributed by atoms with Gasteiger partial charge in [0, 0.05) is 19.3 Å². The van der Waals surface area contributed by atoms with Gasteiger partial charge in [-0.25, -0.2) is 4.79 Å². The van der Waals surface area contributed by atoms with Crippen LogP contribution < -0.4 is 10.6 Å². The van der Waals surface area contributed by atoms with Crippen molar-refractivity contribution < 1.29 is 19.4 Å². The third-order valence-electron chi connectivity index (χ3n) is 3.45. The first-order valence-electron chi connectivity index (χ1n) is 6.49. The quantitative estimate of drug-likeness (QED) is 0.814. The molecule has 1 saturated heterocycles. The molecule has 1 aromatic rings. The Morgan fingerprint density at radius 2 is 2.20 bits per heavy atom. The van der Waals surface area contributed by atoms with Crippen LogP contribution in [0, 0.1) is 5.92 Å². The molecule has 108 valence electrons. The first-order chi connectivity index (χ1) is 9.50. The van der Waals surface area contributed by atoms with E-state index in [2.05, 4.69) is 0 Å². The maximum absolute atomic E-state index is 12.4. The number of benzene rings is 1. The van der Waals surface area contributed by atoms with Gasteiger partial charge in [-0.3, -0.25) is 4.79 Å². The standard InChI is InChI=1S/C14H18N2O4/c1-16(13(17)9-3-2-6-20-8-9)12-5-4-10(15)7-11(12)14(18)19/h4-5,7,9H,2-3,6,8,15H2,1H3,(H,18,19). The molecule has 6 nitrogen and oxygen atoms in total. The number of amides is 1. The summed E-state index contributed by atoms with van der Waals surface area (Å²) in [5, 5.41) is 9.21. The highest BCUT2D eigenvalue weighted by Crippen LogP contribution is 2.25. The third kappa shape index (κ3) is 2.91. The van der Waals surface area contributed by atoms with Crippen molar-refractivity contribution in [1.82, 2.24) is 0 Å². The van der Waals surface area contributed by atoms with Gasteiger partial charge in [0.05, 0.1) is 23.8 Å². The van der Waals surface area contributed by atoms with Crippen LogP contribution in [0.1, 0.15) is 23.2 Å². The second-order valence-corrected chi connectivity index (χ2v) is 4.89. The first-order valence-corrected chi connectivity index (χ1v) is 6.49. The number of hydrogen-bond acceptors (Lipinski definition) is 4. The van der Waals surface area contributed by atoms with E-state index >= 15 is 0 Å². The Hall–Kier alpha value is -2.08. The number of ether oxygens (including phenoxy) is 1. The summed E-state index contributed by atoms with van der Waals surface area (Å²) >= 11 is 0. The molecule has 1 unspecified atom stereocenters. The predicted molar refractivity (Wildman–Crippen MR) is 74.8 cm³/mol. The second kappa shape index (κ2) is 5.92. The number of carbonyl (C=O) groups is 2. The van der Waals surface area contributed by atoms with E-state index in [0.717, 1.165) is 12.8 Å². The predicted octanol–water partition coefficient (Wildman–Crippen LogP) is 1.36. The largest absolute Gasteiger partial charge is 0.478 e. The Labute approximate surface area is 117 Å². The summed E-state index contributed by atoms with van der Waals surface area (Å²) < 4.78 is 5.30. The van der Waals surface area contributed by atoms with Crippen LogP contribution in [-0.2, 0) is 9.53 Å². The summed E-state index contributed by atoms with van der Waals surface area (Å²) in [5.41, 5.74) is 6.33. The van der Waals surface area contributed by atoms with Crippen LogP contribution in [0.3, 0.4) is 0 Å². The van der Waals surface area contributed by atoms with Gasteiger partial charge in [0.1, 0.15) is 0 Å². The van der Waals surface area contributed by atoms with E-state index in [0.29, 0.717) is 24.6 Å². The monoisotopic (exact) mass is 278 g/mol. The molecule has 0 radical (unpaired) electrons. The highest BCUT2D eigenvalue weighted by atomic mass is 16.5. The molecule has 3 N–H and O–H groups in total. The van der Waals surface area contributed by atoms with Gasteiger partial charge in [0.15, 0.2) is 0 Å². The zero-order chi connectivity index (χ0) is 14.7. The number of rotatable bonds is 3. The van der Waals surface area contributed by atoms with Crippen LogP contribution in [0.4, 0.5) is 11.4 Å². The number of hydrogen-bond donors (Lipinski definition) is 2. The van der Waals surface area contributed by atoms with Crippen molar-refractivity contribution in [3.05, 3.63) is 23.8 Å². The highest BCUT2D eigenvalue weighted by Gasteiger charge is 2.27. The Balaban J connectivity index is 2.25. The van der Waals surface area contributed by atoms with Gasteiger partial charge in [-0.15, -0.1) is 0 Å². The van der Waals surface area contributed by atoms with E-state index in [1.54, 1.807) is 19.2 Å². The number of nitrogens with two attached hydrogens (primary N) is 1. The molecular formula is C14H18N2O4. The molecule has 6 heteroatoms. The molecule has 1 heterocycles. The van der Waals surface area contributed by atoms with Crippen LogP contribution in [0.25, 0.3) is 0 Å². The minimum absolute atomic E-state index is 0.0255. The molecule has 1 aliphatic heterocycles. The maximum Gasteiger partial charge on any atom is 0.337 e. The zero-order valence-corrected chi connectivity index (χ0v) is 11.3. The minimum Gasteiger partial charge on any atom is -0.478 e. The summed E-state index contributed by atoms with van der Waals surface area (Å²) in [6.45, 7) is 1.07. The van der Waals surface area contributed by atoms with Crippen molar-refractivity contribution in [2.45, 2.75) is 12.8 Å². The van der Waals surface area contributed by atoms with E-state index in [1.165, 1.54) is 11.0 Å². The molecule has 1 atom stereocenters. The molecular weight excluding hydrogens is 260 g/mol. The Kier molecular flexibility index (Phi) is 4.24. The zero-order valence-electron chi connectivity index (χ0n) is 11.3. The maximum atomic E-state index is 12.4. The normalized spacial score (nSPS) is 18.6. The molecule has 20 heavy (non-hydrogen) atoms. The molecule has 1 amide bonds. The lowest BCUT2D eigenvalue weighted by Gasteiger charge is -2.27. The summed E-state index contributed by atoms with van der Waals surface area (Å²) in [4.78, 5) is 25.0. The Morgan fingerprint density at radius 3 is 2.80 bits per heavy atom. The van der Waals surface area contributed by atoms with Gasteiger partial charge in [-0.05, 0) is 31.0 Å². The molecule has 0 aromatic heterocycles. The summed E-state index contributed by atoms with van der Waals surface area (Å²) in [6, 6.07) is 4.50. The third-order valence-corrected chi connectivity index (χ3v) is 3.45. The molecule has 0 bridgehead atoms. The van der Waals surface area contributed by atoms with E-state index < -0.39 is 5.97 Å². The smallest absolute Gasteiger partial charge is 0.337 e. The van der Waals surface area contributed by atoms with Crippen molar-refractivity contribution in [2.24, 2.45) is 5.92 Å². The molecule has 0 spiro atoms. The van der Waals surface area contributed by atoms with Gasteiger partial charge in [0.2, 0.25) is 5.91 Å². The summed E-state index contributed by atoms with van der Waals surface area (Å²) in [6.07, 6.45) is 1.61. The SMILES string of the molecule is CN(C(=O)C1CCCOC1)c1ccc(N)cc1C(=O)O. The van der Waals surface area contributed by atoms with Crippen molar-refractivity contribution in [3.8, 4) is 0 Å². The number of nitrogen functional groups attached to an aromatic ring is 1. The van der Waals surface area contributed by atoms with Gasteiger partial charge in [0.25, 0.3) is 0 Å². The van der Waals surface area contributed by atoms with Crippen LogP contribution in [0.15, 0.2) is 18.2 Å². The fourth-order valence-corrected chi connectivity index (χ4v) is 2.35. The fraction of sp³-hybridized carbons (Fsp3) is 0.429. The second-order valence-electron chi connectivity index (χ2n) is 4.89. The van der Waals surface area contributed by atoms with Crippen LogP contribution in [0.2, 0.25) is 0 Å². The average molecular weight is 278 g/mol. The van der Waals surface area contributed by atoms with Crippen molar-refractivity contribution in [1.29, 1.82) is 0 Å². The van der Waals surface area contributed by atoms with E-state index in [9.17, 15) is 14.7 Å². The first kappa shape index (κ1) is 14.3. The van der Waals surface area contributed by atoms with Crippen molar-refractivity contribution in [3.63, 3.8) is 0 Å². The molecule has 0 aliphatic carbocycles. The lowest BCUT2D eigenvalue weighted by atomic mass is 10.00. The highest BCUT2D eigenvalue weighted by molar-refractivity contribution is 6.03. The van der Waals surface area contributed by atoms with E-state index in [4.69, 9.17) is 10.5 Å². The lowest BCUT2D eigenvalue weighted by Crippen LogP contribution is -2.37. The van der Waals surface area contributed by atoms with Crippen LogP contribution >= 0.6 is 0 Å². The molecule has 1 aromatic carbocycles. The fourth-order valence-electron chi connectivity index (χ4n) is 2.35. The number of nitrogens with zero attached hydrogens (tertiary/aromatic N) is 1. The Bertz CT molecular complexity index is 524. The van der Waals surface area contributed by atoms with Gasteiger partial charge in [-0.1, -0.05) is 0 Å². The molecule has 1 fully saturated rings. The Morgan fingerprint density at radius 1 is 1.45 bits per heavy atom. The van der Waals surface area contributed by atoms with Crippen molar-refractivity contribution >= 4 is 23.3 Å². The van der Waals surface area contributed by atoms with Crippen LogP contribution in [0.5, 0.6) is 0 Å². The number of carboxylic acids is 1.